The van der Waals surface area contributed by atoms with E-state index in [4.69, 9.17) is 16.0 Å². The van der Waals surface area contributed by atoms with E-state index < -0.39 is 0 Å². The van der Waals surface area contributed by atoms with E-state index >= 15 is 0 Å². The van der Waals surface area contributed by atoms with Crippen molar-refractivity contribution in [1.82, 2.24) is 5.32 Å². The van der Waals surface area contributed by atoms with E-state index in [0.29, 0.717) is 5.92 Å². The quantitative estimate of drug-likeness (QED) is 0.883. The summed E-state index contributed by atoms with van der Waals surface area (Å²) in [7, 11) is 1.94. The molecule has 0 aliphatic heterocycles. The zero-order valence-corrected chi connectivity index (χ0v) is 13.1. The van der Waals surface area contributed by atoms with Crippen molar-refractivity contribution in [3.8, 4) is 0 Å². The molecule has 0 saturated heterocycles. The maximum atomic E-state index is 6.39. The predicted molar refractivity (Wildman–Crippen MR) is 82.0 cm³/mol. The summed E-state index contributed by atoms with van der Waals surface area (Å²) < 4.78 is 6.04. The van der Waals surface area contributed by atoms with Gasteiger partial charge in [-0.05, 0) is 50.4 Å². The van der Waals surface area contributed by atoms with Crippen molar-refractivity contribution in [2.45, 2.75) is 40.7 Å². The van der Waals surface area contributed by atoms with Crippen LogP contribution in [0.4, 0.5) is 0 Å². The first-order chi connectivity index (χ1) is 8.95. The van der Waals surface area contributed by atoms with Gasteiger partial charge in [-0.1, -0.05) is 25.4 Å². The van der Waals surface area contributed by atoms with Crippen LogP contribution in [0.5, 0.6) is 0 Å². The van der Waals surface area contributed by atoms with E-state index in [0.717, 1.165) is 40.5 Å². The molecule has 1 heterocycles. The Morgan fingerprint density at radius 2 is 2.00 bits per heavy atom. The molecule has 0 aliphatic rings. The highest BCUT2D eigenvalue weighted by molar-refractivity contribution is 6.33. The largest absolute Gasteiger partial charge is 0.459 e. The molecular weight excluding hydrogens is 258 g/mol. The van der Waals surface area contributed by atoms with E-state index in [1.807, 2.05) is 20.0 Å². The number of benzene rings is 1. The first kappa shape index (κ1) is 14.4. The van der Waals surface area contributed by atoms with Crippen LogP contribution in [0.15, 0.2) is 10.5 Å². The van der Waals surface area contributed by atoms with Gasteiger partial charge in [0, 0.05) is 16.0 Å². The van der Waals surface area contributed by atoms with Crippen LogP contribution < -0.4 is 5.32 Å². The van der Waals surface area contributed by atoms with Crippen LogP contribution in [0.1, 0.15) is 36.3 Å². The Morgan fingerprint density at radius 1 is 1.32 bits per heavy atom. The summed E-state index contributed by atoms with van der Waals surface area (Å²) in [5.74, 6) is 1.63. The van der Waals surface area contributed by atoms with Crippen LogP contribution in [-0.4, -0.2) is 7.05 Å². The van der Waals surface area contributed by atoms with Crippen molar-refractivity contribution < 1.29 is 4.42 Å². The average Bonchev–Trinajstić information content (AvgIpc) is 2.64. The van der Waals surface area contributed by atoms with Gasteiger partial charge in [-0.25, -0.2) is 0 Å². The smallest absolute Gasteiger partial charge is 0.135 e. The Labute approximate surface area is 120 Å². The molecular formula is C16H22ClNO. The fourth-order valence-corrected chi connectivity index (χ4v) is 2.79. The molecule has 2 rings (SSSR count). The number of fused-ring (bicyclic) bond motifs is 1. The van der Waals surface area contributed by atoms with Gasteiger partial charge >= 0.3 is 0 Å². The summed E-state index contributed by atoms with van der Waals surface area (Å²) in [4.78, 5) is 0. The van der Waals surface area contributed by atoms with Gasteiger partial charge in [-0.2, -0.15) is 0 Å². The number of rotatable bonds is 4. The second kappa shape index (κ2) is 5.56. The summed E-state index contributed by atoms with van der Waals surface area (Å²) in [6, 6.07) is 2.05. The third-order valence-corrected chi connectivity index (χ3v) is 4.05. The minimum atomic E-state index is 0.593. The van der Waals surface area contributed by atoms with E-state index in [1.165, 1.54) is 10.9 Å². The predicted octanol–water partition coefficient (Wildman–Crippen LogP) is 4.62. The van der Waals surface area contributed by atoms with Crippen molar-refractivity contribution in [3.05, 3.63) is 33.5 Å². The molecule has 1 aromatic heterocycles. The second-order valence-electron chi connectivity index (χ2n) is 5.64. The number of hydrogen-bond acceptors (Lipinski definition) is 2. The minimum absolute atomic E-state index is 0.593. The van der Waals surface area contributed by atoms with Crippen molar-refractivity contribution >= 4 is 22.6 Å². The molecule has 2 aromatic rings. The molecule has 1 N–H and O–H groups in total. The highest BCUT2D eigenvalue weighted by atomic mass is 35.5. The van der Waals surface area contributed by atoms with Gasteiger partial charge in [0.25, 0.3) is 0 Å². The first-order valence-electron chi connectivity index (χ1n) is 6.80. The Kier molecular flexibility index (Phi) is 4.22. The molecule has 0 atom stereocenters. The van der Waals surface area contributed by atoms with Gasteiger partial charge in [0.05, 0.1) is 6.54 Å². The molecule has 0 aliphatic carbocycles. The Morgan fingerprint density at radius 3 is 2.58 bits per heavy atom. The van der Waals surface area contributed by atoms with Crippen LogP contribution in [0, 0.1) is 19.8 Å². The Hall–Kier alpha value is -0.990. The van der Waals surface area contributed by atoms with Gasteiger partial charge in [-0.3, -0.25) is 0 Å². The van der Waals surface area contributed by atoms with Gasteiger partial charge in [0.1, 0.15) is 11.3 Å². The first-order valence-corrected chi connectivity index (χ1v) is 7.18. The Bertz CT molecular complexity index is 599. The van der Waals surface area contributed by atoms with Crippen LogP contribution in [0.3, 0.4) is 0 Å². The van der Waals surface area contributed by atoms with Crippen LogP contribution in [0.25, 0.3) is 11.0 Å². The zero-order chi connectivity index (χ0) is 14.2. The van der Waals surface area contributed by atoms with Crippen molar-refractivity contribution in [3.63, 3.8) is 0 Å². The lowest BCUT2D eigenvalue weighted by atomic mass is 9.96. The lowest BCUT2D eigenvalue weighted by Crippen LogP contribution is -2.07. The lowest BCUT2D eigenvalue weighted by Gasteiger charge is -2.08. The molecule has 1 aromatic carbocycles. The SMILES string of the molecule is CNCc1oc2cc(C)c(Cl)c(C)c2c1CC(C)C. The topological polar surface area (TPSA) is 25.2 Å². The summed E-state index contributed by atoms with van der Waals surface area (Å²) in [6.07, 6.45) is 1.02. The summed E-state index contributed by atoms with van der Waals surface area (Å²) in [6.45, 7) is 9.32. The van der Waals surface area contributed by atoms with Gasteiger partial charge in [0.2, 0.25) is 0 Å². The van der Waals surface area contributed by atoms with Gasteiger partial charge in [0.15, 0.2) is 0 Å². The van der Waals surface area contributed by atoms with E-state index in [-0.39, 0.29) is 0 Å². The molecule has 19 heavy (non-hydrogen) atoms. The van der Waals surface area contributed by atoms with Crippen LogP contribution in [0.2, 0.25) is 5.02 Å². The summed E-state index contributed by atoms with van der Waals surface area (Å²) >= 11 is 6.39. The molecule has 3 heteroatoms. The average molecular weight is 280 g/mol. The standard InChI is InChI=1S/C16H22ClNO/c1-9(2)6-12-14(8-18-5)19-13-7-10(3)16(17)11(4)15(12)13/h7,9,18H,6,8H2,1-5H3. The van der Waals surface area contributed by atoms with Crippen molar-refractivity contribution in [2.75, 3.05) is 7.05 Å². The van der Waals surface area contributed by atoms with Gasteiger partial charge in [-0.15, -0.1) is 0 Å². The number of halogens is 1. The molecule has 0 bridgehead atoms. The highest BCUT2D eigenvalue weighted by Crippen LogP contribution is 2.36. The molecule has 0 fully saturated rings. The molecule has 0 radical (unpaired) electrons. The van der Waals surface area contributed by atoms with Crippen molar-refractivity contribution in [2.24, 2.45) is 5.92 Å². The second-order valence-corrected chi connectivity index (χ2v) is 6.02. The monoisotopic (exact) mass is 279 g/mol. The number of aryl methyl sites for hydroxylation is 2. The zero-order valence-electron chi connectivity index (χ0n) is 12.4. The maximum absolute atomic E-state index is 6.39. The normalized spacial score (nSPS) is 11.7. The van der Waals surface area contributed by atoms with E-state index in [2.05, 4.69) is 26.1 Å². The van der Waals surface area contributed by atoms with E-state index in [1.54, 1.807) is 0 Å². The molecule has 0 unspecified atom stereocenters. The third kappa shape index (κ3) is 2.65. The highest BCUT2D eigenvalue weighted by Gasteiger charge is 2.18. The summed E-state index contributed by atoms with van der Waals surface area (Å²) in [5, 5.41) is 5.24. The maximum Gasteiger partial charge on any atom is 0.135 e. The molecule has 0 saturated carbocycles. The number of hydrogen-bond donors (Lipinski definition) is 1. The third-order valence-electron chi connectivity index (χ3n) is 3.47. The number of furan rings is 1. The fraction of sp³-hybridized carbons (Fsp3) is 0.500. The summed E-state index contributed by atoms with van der Waals surface area (Å²) in [5.41, 5.74) is 4.48. The lowest BCUT2D eigenvalue weighted by molar-refractivity contribution is 0.516. The Balaban J connectivity index is 2.72. The van der Waals surface area contributed by atoms with Crippen LogP contribution >= 0.6 is 11.6 Å². The fourth-order valence-electron chi connectivity index (χ4n) is 2.64. The van der Waals surface area contributed by atoms with E-state index in [9.17, 15) is 0 Å². The molecule has 2 nitrogen and oxygen atoms in total. The molecule has 104 valence electrons. The molecule has 0 amide bonds. The molecule has 0 spiro atoms. The minimum Gasteiger partial charge on any atom is -0.459 e. The number of nitrogens with one attached hydrogen (secondary N) is 1. The van der Waals surface area contributed by atoms with Crippen molar-refractivity contribution in [1.29, 1.82) is 0 Å². The van der Waals surface area contributed by atoms with Crippen LogP contribution in [-0.2, 0) is 13.0 Å². The van der Waals surface area contributed by atoms with Gasteiger partial charge < -0.3 is 9.73 Å².